The third kappa shape index (κ3) is 3.86. The van der Waals surface area contributed by atoms with Gasteiger partial charge in [0.15, 0.2) is 0 Å². The zero-order chi connectivity index (χ0) is 12.3. The van der Waals surface area contributed by atoms with E-state index in [0.717, 1.165) is 25.4 Å². The molecule has 4 nitrogen and oxygen atoms in total. The summed E-state index contributed by atoms with van der Waals surface area (Å²) in [7, 11) is 1.14. The van der Waals surface area contributed by atoms with Crippen LogP contribution >= 0.6 is 12.4 Å². The summed E-state index contributed by atoms with van der Waals surface area (Å²) in [5, 5.41) is 0. The van der Waals surface area contributed by atoms with Crippen LogP contribution in [0.25, 0.3) is 0 Å². The maximum atomic E-state index is 12.2. The Kier molecular flexibility index (Phi) is 5.37. The van der Waals surface area contributed by atoms with Crippen LogP contribution < -0.4 is 5.73 Å². The van der Waals surface area contributed by atoms with E-state index in [1.807, 2.05) is 0 Å². The van der Waals surface area contributed by atoms with Crippen LogP contribution in [0.15, 0.2) is 18.3 Å². The molecule has 0 aliphatic rings. The first-order valence-corrected chi connectivity index (χ1v) is 4.23. The SMILES string of the molecule is COC(=O)C(N)c1ccc(C(F)(F)F)nc1.Cl. The summed E-state index contributed by atoms with van der Waals surface area (Å²) in [5.41, 5.74) is 4.54. The lowest BCUT2D eigenvalue weighted by molar-refractivity contribution is -0.142. The average molecular weight is 271 g/mol. The molecule has 0 saturated carbocycles. The minimum atomic E-state index is -4.51. The normalized spacial score (nSPS) is 12.5. The Hall–Kier alpha value is -1.34. The van der Waals surface area contributed by atoms with E-state index in [1.165, 1.54) is 0 Å². The first-order chi connectivity index (χ1) is 7.36. The second kappa shape index (κ2) is 5.83. The molecule has 0 aliphatic carbocycles. The van der Waals surface area contributed by atoms with Gasteiger partial charge in [-0.05, 0) is 11.6 Å². The molecule has 0 bridgehead atoms. The van der Waals surface area contributed by atoms with E-state index in [1.54, 1.807) is 0 Å². The molecule has 0 spiro atoms. The maximum Gasteiger partial charge on any atom is 0.433 e. The highest BCUT2D eigenvalue weighted by atomic mass is 35.5. The largest absolute Gasteiger partial charge is 0.468 e. The van der Waals surface area contributed by atoms with Gasteiger partial charge in [0.05, 0.1) is 7.11 Å². The predicted molar refractivity (Wildman–Crippen MR) is 55.4 cm³/mol. The standard InChI is InChI=1S/C9H9F3N2O2.ClH/c1-16-8(15)7(13)5-2-3-6(14-4-5)9(10,11)12;/h2-4,7H,13H2,1H3;1H. The number of nitrogens with two attached hydrogens (primary N) is 1. The Morgan fingerprint density at radius 1 is 1.47 bits per heavy atom. The van der Waals surface area contributed by atoms with E-state index >= 15 is 0 Å². The smallest absolute Gasteiger partial charge is 0.433 e. The Bertz CT molecular complexity index is 381. The number of halogens is 4. The molecule has 0 aromatic carbocycles. The molecule has 2 N–H and O–H groups in total. The summed E-state index contributed by atoms with van der Waals surface area (Å²) in [5.74, 6) is -0.735. The van der Waals surface area contributed by atoms with Crippen molar-refractivity contribution in [2.75, 3.05) is 7.11 Å². The number of pyridine rings is 1. The molecule has 1 unspecified atom stereocenters. The van der Waals surface area contributed by atoms with Crippen LogP contribution in [0.2, 0.25) is 0 Å². The van der Waals surface area contributed by atoms with Gasteiger partial charge in [0.2, 0.25) is 0 Å². The Morgan fingerprint density at radius 2 is 2.06 bits per heavy atom. The second-order valence-electron chi connectivity index (χ2n) is 2.98. The number of carbonyl (C=O) groups is 1. The number of hydrogen-bond acceptors (Lipinski definition) is 4. The summed E-state index contributed by atoms with van der Waals surface area (Å²) in [6.07, 6.45) is -3.60. The number of rotatable bonds is 2. The van der Waals surface area contributed by atoms with Crippen LogP contribution in [0.4, 0.5) is 13.2 Å². The van der Waals surface area contributed by atoms with Gasteiger partial charge in [-0.1, -0.05) is 6.07 Å². The van der Waals surface area contributed by atoms with Crippen molar-refractivity contribution in [3.05, 3.63) is 29.6 Å². The predicted octanol–water partition coefficient (Wildman–Crippen LogP) is 1.69. The maximum absolute atomic E-state index is 12.2. The zero-order valence-corrected chi connectivity index (χ0v) is 9.51. The molecule has 0 aliphatic heterocycles. The summed E-state index contributed by atoms with van der Waals surface area (Å²) >= 11 is 0. The molecule has 0 saturated heterocycles. The molecule has 1 aromatic rings. The van der Waals surface area contributed by atoms with Crippen LogP contribution in [0.5, 0.6) is 0 Å². The minimum absolute atomic E-state index is 0. The highest BCUT2D eigenvalue weighted by Gasteiger charge is 2.32. The third-order valence-electron chi connectivity index (χ3n) is 1.89. The number of nitrogens with zero attached hydrogens (tertiary/aromatic N) is 1. The van der Waals surface area contributed by atoms with E-state index in [-0.39, 0.29) is 18.0 Å². The van der Waals surface area contributed by atoms with E-state index in [0.29, 0.717) is 0 Å². The number of ether oxygens (including phenoxy) is 1. The Labute approximate surface area is 101 Å². The van der Waals surface area contributed by atoms with Crippen molar-refractivity contribution in [1.29, 1.82) is 0 Å². The van der Waals surface area contributed by atoms with Gasteiger partial charge in [-0.2, -0.15) is 13.2 Å². The van der Waals surface area contributed by atoms with E-state index in [9.17, 15) is 18.0 Å². The zero-order valence-electron chi connectivity index (χ0n) is 8.69. The quantitative estimate of drug-likeness (QED) is 0.831. The molecule has 1 aromatic heterocycles. The number of carbonyl (C=O) groups excluding carboxylic acids is 1. The van der Waals surface area contributed by atoms with Crippen molar-refractivity contribution in [1.82, 2.24) is 4.98 Å². The Balaban J connectivity index is 0.00000256. The van der Waals surface area contributed by atoms with Gasteiger partial charge in [-0.3, -0.25) is 9.78 Å². The molecular weight excluding hydrogens is 261 g/mol. The summed E-state index contributed by atoms with van der Waals surface area (Å²) in [6, 6.07) is 0.731. The highest BCUT2D eigenvalue weighted by molar-refractivity contribution is 5.85. The van der Waals surface area contributed by atoms with Gasteiger partial charge in [0.25, 0.3) is 0 Å². The molecule has 1 atom stereocenters. The molecule has 0 fully saturated rings. The first kappa shape index (κ1) is 15.7. The highest BCUT2D eigenvalue weighted by Crippen LogP contribution is 2.27. The van der Waals surface area contributed by atoms with Gasteiger partial charge in [-0.15, -0.1) is 12.4 Å². The molecule has 8 heteroatoms. The van der Waals surface area contributed by atoms with Gasteiger partial charge in [0.1, 0.15) is 11.7 Å². The van der Waals surface area contributed by atoms with Crippen molar-refractivity contribution < 1.29 is 22.7 Å². The number of esters is 1. The lowest BCUT2D eigenvalue weighted by Gasteiger charge is -2.10. The van der Waals surface area contributed by atoms with Crippen molar-refractivity contribution in [2.45, 2.75) is 12.2 Å². The number of aromatic nitrogens is 1. The van der Waals surface area contributed by atoms with Crippen LogP contribution in [0.1, 0.15) is 17.3 Å². The number of alkyl halides is 3. The minimum Gasteiger partial charge on any atom is -0.468 e. The fourth-order valence-corrected chi connectivity index (χ4v) is 1.02. The lowest BCUT2D eigenvalue weighted by atomic mass is 10.1. The van der Waals surface area contributed by atoms with E-state index in [4.69, 9.17) is 5.73 Å². The molecule has 0 radical (unpaired) electrons. The summed E-state index contributed by atoms with van der Waals surface area (Å²) < 4.78 is 40.8. The average Bonchev–Trinajstić information content (AvgIpc) is 2.26. The van der Waals surface area contributed by atoms with Crippen LogP contribution in [0.3, 0.4) is 0 Å². The van der Waals surface area contributed by atoms with Crippen molar-refractivity contribution in [3.8, 4) is 0 Å². The van der Waals surface area contributed by atoms with Crippen molar-refractivity contribution >= 4 is 18.4 Å². The van der Waals surface area contributed by atoms with Crippen molar-refractivity contribution in [3.63, 3.8) is 0 Å². The van der Waals surface area contributed by atoms with Gasteiger partial charge in [-0.25, -0.2) is 0 Å². The van der Waals surface area contributed by atoms with Crippen LogP contribution in [-0.2, 0) is 15.7 Å². The molecule has 96 valence electrons. The van der Waals surface area contributed by atoms with Gasteiger partial charge in [0, 0.05) is 6.20 Å². The van der Waals surface area contributed by atoms with Crippen LogP contribution in [0, 0.1) is 0 Å². The van der Waals surface area contributed by atoms with Gasteiger partial charge >= 0.3 is 12.1 Å². The Morgan fingerprint density at radius 3 is 2.41 bits per heavy atom. The third-order valence-corrected chi connectivity index (χ3v) is 1.89. The van der Waals surface area contributed by atoms with Crippen molar-refractivity contribution in [2.24, 2.45) is 5.73 Å². The van der Waals surface area contributed by atoms with E-state index in [2.05, 4.69) is 9.72 Å². The number of hydrogen-bond donors (Lipinski definition) is 1. The van der Waals surface area contributed by atoms with Gasteiger partial charge < -0.3 is 10.5 Å². The molecular formula is C9H10ClF3N2O2. The topological polar surface area (TPSA) is 65.2 Å². The fraction of sp³-hybridized carbons (Fsp3) is 0.333. The summed E-state index contributed by atoms with van der Waals surface area (Å²) in [4.78, 5) is 14.2. The monoisotopic (exact) mass is 270 g/mol. The molecule has 1 rings (SSSR count). The van der Waals surface area contributed by atoms with Crippen LogP contribution in [-0.4, -0.2) is 18.1 Å². The summed E-state index contributed by atoms with van der Waals surface area (Å²) in [6.45, 7) is 0. The van der Waals surface area contributed by atoms with E-state index < -0.39 is 23.9 Å². The molecule has 0 amide bonds. The molecule has 17 heavy (non-hydrogen) atoms. The first-order valence-electron chi connectivity index (χ1n) is 4.23. The second-order valence-corrected chi connectivity index (χ2v) is 2.98. The molecule has 1 heterocycles. The number of methoxy groups -OCH3 is 1. The lowest BCUT2D eigenvalue weighted by Crippen LogP contribution is -2.23. The fourth-order valence-electron chi connectivity index (χ4n) is 1.02.